The third-order valence-electron chi connectivity index (χ3n) is 5.33. The number of piperidine rings is 1. The largest absolute Gasteiger partial charge is 0.355 e. The lowest BCUT2D eigenvalue weighted by Gasteiger charge is -2.33. The Kier molecular flexibility index (Phi) is 6.10. The Morgan fingerprint density at radius 3 is 2.72 bits per heavy atom. The molecule has 154 valence electrons. The Bertz CT molecular complexity index is 953. The van der Waals surface area contributed by atoms with Crippen LogP contribution in [0.15, 0.2) is 18.5 Å². The summed E-state index contributed by atoms with van der Waals surface area (Å²) in [6.45, 7) is 6.59. The third kappa shape index (κ3) is 4.52. The SMILES string of the molecule is CC(=O)c1[nH]c(C)c(C(=O)N2CCC[C@H](CNC(=O)c3cncc(F)c3)C2)c1C. The number of rotatable bonds is 5. The van der Waals surface area contributed by atoms with E-state index < -0.39 is 5.82 Å². The van der Waals surface area contributed by atoms with E-state index in [1.807, 2.05) is 0 Å². The van der Waals surface area contributed by atoms with Crippen molar-refractivity contribution >= 4 is 17.6 Å². The quantitative estimate of drug-likeness (QED) is 0.755. The maximum Gasteiger partial charge on any atom is 0.255 e. The molecule has 0 aliphatic carbocycles. The smallest absolute Gasteiger partial charge is 0.255 e. The van der Waals surface area contributed by atoms with Gasteiger partial charge in [-0.25, -0.2) is 4.39 Å². The van der Waals surface area contributed by atoms with E-state index in [4.69, 9.17) is 0 Å². The van der Waals surface area contributed by atoms with Crippen molar-refractivity contribution in [2.45, 2.75) is 33.6 Å². The van der Waals surface area contributed by atoms with Crippen LogP contribution in [0.4, 0.5) is 4.39 Å². The number of hydrogen-bond acceptors (Lipinski definition) is 4. The van der Waals surface area contributed by atoms with Crippen LogP contribution in [0.25, 0.3) is 0 Å². The monoisotopic (exact) mass is 400 g/mol. The molecule has 0 radical (unpaired) electrons. The van der Waals surface area contributed by atoms with Gasteiger partial charge in [-0.3, -0.25) is 19.4 Å². The topological polar surface area (TPSA) is 95.2 Å². The molecule has 0 aromatic carbocycles. The lowest BCUT2D eigenvalue weighted by Crippen LogP contribution is -2.44. The van der Waals surface area contributed by atoms with Gasteiger partial charge in [0.1, 0.15) is 5.82 Å². The number of aromatic nitrogens is 2. The highest BCUT2D eigenvalue weighted by atomic mass is 19.1. The van der Waals surface area contributed by atoms with Crippen LogP contribution in [-0.4, -0.2) is 52.1 Å². The van der Waals surface area contributed by atoms with E-state index in [1.54, 1.807) is 18.7 Å². The van der Waals surface area contributed by atoms with Crippen LogP contribution in [0, 0.1) is 25.6 Å². The molecule has 0 unspecified atom stereocenters. The van der Waals surface area contributed by atoms with Gasteiger partial charge in [-0.1, -0.05) is 0 Å². The summed E-state index contributed by atoms with van der Waals surface area (Å²) in [5, 5.41) is 2.80. The van der Waals surface area contributed by atoms with E-state index in [0.29, 0.717) is 42.1 Å². The fourth-order valence-corrected chi connectivity index (χ4v) is 3.87. The number of amides is 2. The standard InChI is InChI=1S/C21H25FN4O3/c1-12-18(13(2)25-19(12)14(3)27)21(29)26-6-4-5-15(11-26)8-24-20(28)16-7-17(22)10-23-9-16/h7,9-10,15,25H,4-6,8,11H2,1-3H3,(H,24,28)/t15-/m1/s1. The van der Waals surface area contributed by atoms with E-state index in [9.17, 15) is 18.8 Å². The number of nitrogens with one attached hydrogen (secondary N) is 2. The molecule has 2 N–H and O–H groups in total. The number of halogens is 1. The van der Waals surface area contributed by atoms with E-state index in [0.717, 1.165) is 25.1 Å². The number of H-pyrrole nitrogens is 1. The summed E-state index contributed by atoms with van der Waals surface area (Å²) in [4.78, 5) is 45.5. The van der Waals surface area contributed by atoms with Crippen LogP contribution in [0.2, 0.25) is 0 Å². The van der Waals surface area contributed by atoms with E-state index >= 15 is 0 Å². The summed E-state index contributed by atoms with van der Waals surface area (Å²) in [6, 6.07) is 1.14. The predicted octanol–water partition coefficient (Wildman–Crippen LogP) is 2.65. The summed E-state index contributed by atoms with van der Waals surface area (Å²) in [7, 11) is 0. The molecule has 3 rings (SSSR count). The normalized spacial score (nSPS) is 16.6. The van der Waals surface area contributed by atoms with Crippen molar-refractivity contribution in [1.29, 1.82) is 0 Å². The van der Waals surface area contributed by atoms with Gasteiger partial charge in [-0.05, 0) is 44.2 Å². The van der Waals surface area contributed by atoms with Gasteiger partial charge in [0.2, 0.25) is 0 Å². The first-order valence-corrected chi connectivity index (χ1v) is 9.66. The Balaban J connectivity index is 1.64. The van der Waals surface area contributed by atoms with Crippen molar-refractivity contribution < 1.29 is 18.8 Å². The number of likely N-dealkylation sites (tertiary alicyclic amines) is 1. The number of pyridine rings is 1. The Hall–Kier alpha value is -3.03. The molecule has 8 heteroatoms. The second-order valence-corrected chi connectivity index (χ2v) is 7.54. The summed E-state index contributed by atoms with van der Waals surface area (Å²) >= 11 is 0. The molecule has 1 aliphatic rings. The van der Waals surface area contributed by atoms with Gasteiger partial charge in [0, 0.05) is 38.4 Å². The maximum atomic E-state index is 13.2. The zero-order valence-corrected chi connectivity index (χ0v) is 16.8. The zero-order valence-electron chi connectivity index (χ0n) is 16.8. The second kappa shape index (κ2) is 8.55. The molecular weight excluding hydrogens is 375 g/mol. The van der Waals surface area contributed by atoms with Crippen molar-refractivity contribution in [2.75, 3.05) is 19.6 Å². The lowest BCUT2D eigenvalue weighted by molar-refractivity contribution is 0.0669. The first kappa shape index (κ1) is 20.7. The Morgan fingerprint density at radius 1 is 1.31 bits per heavy atom. The second-order valence-electron chi connectivity index (χ2n) is 7.54. The van der Waals surface area contributed by atoms with Crippen LogP contribution in [-0.2, 0) is 0 Å². The van der Waals surface area contributed by atoms with E-state index in [1.165, 1.54) is 13.1 Å². The molecule has 1 fully saturated rings. The average molecular weight is 400 g/mol. The number of ketones is 1. The van der Waals surface area contributed by atoms with Gasteiger partial charge in [0.15, 0.2) is 5.78 Å². The van der Waals surface area contributed by atoms with E-state index in [2.05, 4.69) is 15.3 Å². The molecule has 1 aliphatic heterocycles. The van der Waals surface area contributed by atoms with Crippen LogP contribution >= 0.6 is 0 Å². The maximum absolute atomic E-state index is 13.2. The van der Waals surface area contributed by atoms with Gasteiger partial charge < -0.3 is 15.2 Å². The minimum atomic E-state index is -0.561. The van der Waals surface area contributed by atoms with Crippen LogP contribution < -0.4 is 5.32 Å². The number of aromatic amines is 1. The first-order chi connectivity index (χ1) is 13.8. The summed E-state index contributed by atoms with van der Waals surface area (Å²) < 4.78 is 13.2. The molecule has 1 atom stereocenters. The molecule has 29 heavy (non-hydrogen) atoms. The Labute approximate surface area is 168 Å². The lowest BCUT2D eigenvalue weighted by atomic mass is 9.96. The third-order valence-corrected chi connectivity index (χ3v) is 5.33. The van der Waals surface area contributed by atoms with Gasteiger partial charge in [-0.2, -0.15) is 0 Å². The van der Waals surface area contributed by atoms with Gasteiger partial charge in [0.05, 0.1) is 23.0 Å². The minimum Gasteiger partial charge on any atom is -0.355 e. The van der Waals surface area contributed by atoms with Gasteiger partial charge in [-0.15, -0.1) is 0 Å². The van der Waals surface area contributed by atoms with Crippen molar-refractivity contribution in [3.05, 3.63) is 52.4 Å². The van der Waals surface area contributed by atoms with Crippen molar-refractivity contribution in [3.63, 3.8) is 0 Å². The Morgan fingerprint density at radius 2 is 2.07 bits per heavy atom. The fraction of sp³-hybridized carbons (Fsp3) is 0.429. The first-order valence-electron chi connectivity index (χ1n) is 9.66. The summed E-state index contributed by atoms with van der Waals surface area (Å²) in [5.41, 5.74) is 2.55. The van der Waals surface area contributed by atoms with Gasteiger partial charge >= 0.3 is 0 Å². The number of hydrogen-bond donors (Lipinski definition) is 2. The number of carbonyl (C=O) groups excluding carboxylic acids is 3. The molecule has 2 amide bonds. The van der Waals surface area contributed by atoms with Gasteiger partial charge in [0.25, 0.3) is 11.8 Å². The molecule has 0 spiro atoms. The fourth-order valence-electron chi connectivity index (χ4n) is 3.87. The number of carbonyl (C=O) groups is 3. The zero-order chi connectivity index (χ0) is 21.1. The van der Waals surface area contributed by atoms with Crippen molar-refractivity contribution in [2.24, 2.45) is 5.92 Å². The molecule has 0 saturated carbocycles. The number of aryl methyl sites for hydroxylation is 1. The summed E-state index contributed by atoms with van der Waals surface area (Å²) in [5.74, 6) is -1.05. The van der Waals surface area contributed by atoms with Crippen LogP contribution in [0.5, 0.6) is 0 Å². The van der Waals surface area contributed by atoms with E-state index in [-0.39, 0.29) is 29.1 Å². The highest BCUT2D eigenvalue weighted by Gasteiger charge is 2.28. The molecular formula is C21H25FN4O3. The molecule has 0 bridgehead atoms. The van der Waals surface area contributed by atoms with Crippen LogP contribution in [0.1, 0.15) is 62.2 Å². The van der Waals surface area contributed by atoms with Crippen molar-refractivity contribution in [1.82, 2.24) is 20.2 Å². The average Bonchev–Trinajstić information content (AvgIpc) is 3.00. The number of Topliss-reactive ketones (excluding diaryl/α,β-unsaturated/α-hetero) is 1. The molecule has 3 heterocycles. The van der Waals surface area contributed by atoms with Crippen LogP contribution in [0.3, 0.4) is 0 Å². The highest BCUT2D eigenvalue weighted by Crippen LogP contribution is 2.24. The summed E-state index contributed by atoms with van der Waals surface area (Å²) in [6.07, 6.45) is 4.08. The highest BCUT2D eigenvalue weighted by molar-refractivity contribution is 6.02. The minimum absolute atomic E-state index is 0.101. The predicted molar refractivity (Wildman–Crippen MR) is 105 cm³/mol. The number of nitrogens with zero attached hydrogens (tertiary/aromatic N) is 2. The molecule has 2 aromatic rings. The molecule has 2 aromatic heterocycles. The molecule has 7 nitrogen and oxygen atoms in total. The molecule has 1 saturated heterocycles. The van der Waals surface area contributed by atoms with Crippen molar-refractivity contribution in [3.8, 4) is 0 Å².